The van der Waals surface area contributed by atoms with E-state index in [1.807, 2.05) is 0 Å². The number of fused-ring (bicyclic) bond motifs is 1. The Hall–Kier alpha value is -1.59. The summed E-state index contributed by atoms with van der Waals surface area (Å²) in [5.74, 6) is 1.85. The van der Waals surface area contributed by atoms with Crippen molar-refractivity contribution in [2.75, 3.05) is 32.8 Å². The first-order valence-electron chi connectivity index (χ1n) is 9.70. The minimum Gasteiger partial charge on any atom is -0.373 e. The summed E-state index contributed by atoms with van der Waals surface area (Å²) in [5.41, 5.74) is 1.38. The Balaban J connectivity index is 1.43. The molecule has 1 saturated carbocycles. The Morgan fingerprint density at radius 2 is 2.08 bits per heavy atom. The maximum absolute atomic E-state index is 6.10. The molecule has 4 unspecified atom stereocenters. The Kier molecular flexibility index (Phi) is 4.95. The molecule has 136 valence electrons. The number of nitrogens with one attached hydrogen (secondary N) is 1. The van der Waals surface area contributed by atoms with Crippen molar-refractivity contribution in [1.82, 2.24) is 15.1 Å². The molecule has 0 aromatic heterocycles. The number of nitrogens with zero attached hydrogens (tertiary/aromatic N) is 3. The Labute approximate surface area is 151 Å². The molecule has 4 atom stereocenters. The van der Waals surface area contributed by atoms with Crippen molar-refractivity contribution in [1.29, 1.82) is 0 Å². The van der Waals surface area contributed by atoms with E-state index in [0.717, 1.165) is 51.2 Å². The summed E-state index contributed by atoms with van der Waals surface area (Å²) in [7, 11) is 0. The molecule has 5 nitrogen and oxygen atoms in total. The van der Waals surface area contributed by atoms with Gasteiger partial charge in [0, 0.05) is 38.8 Å². The summed E-state index contributed by atoms with van der Waals surface area (Å²) in [6.45, 7) is 10.0. The Morgan fingerprint density at radius 3 is 2.80 bits per heavy atom. The van der Waals surface area contributed by atoms with Gasteiger partial charge in [-0.1, -0.05) is 37.3 Å². The van der Waals surface area contributed by atoms with Crippen LogP contribution in [0, 0.1) is 5.92 Å². The van der Waals surface area contributed by atoms with Crippen LogP contribution in [0.15, 0.2) is 35.3 Å². The average Bonchev–Trinajstić information content (AvgIpc) is 3.14. The molecule has 1 aromatic carbocycles. The lowest BCUT2D eigenvalue weighted by Crippen LogP contribution is -2.50. The third-order valence-corrected chi connectivity index (χ3v) is 5.68. The SMILES string of the molecule is CCN=C(NC1CC1C)N1CC2OCCN(Cc3ccccc3)C2C1. The second kappa shape index (κ2) is 7.34. The van der Waals surface area contributed by atoms with Gasteiger partial charge in [-0.2, -0.15) is 0 Å². The van der Waals surface area contributed by atoms with Gasteiger partial charge in [-0.3, -0.25) is 9.89 Å². The van der Waals surface area contributed by atoms with E-state index in [-0.39, 0.29) is 6.10 Å². The molecular formula is C20H30N4O. The van der Waals surface area contributed by atoms with Crippen LogP contribution in [0.5, 0.6) is 0 Å². The van der Waals surface area contributed by atoms with Crippen molar-refractivity contribution in [2.24, 2.45) is 10.9 Å². The van der Waals surface area contributed by atoms with Gasteiger partial charge in [0.2, 0.25) is 0 Å². The van der Waals surface area contributed by atoms with Gasteiger partial charge in [-0.25, -0.2) is 0 Å². The molecule has 0 amide bonds. The highest BCUT2D eigenvalue weighted by Crippen LogP contribution is 2.30. The first-order chi connectivity index (χ1) is 12.2. The zero-order valence-corrected chi connectivity index (χ0v) is 15.4. The monoisotopic (exact) mass is 342 g/mol. The molecule has 5 heteroatoms. The molecule has 2 aliphatic heterocycles. The van der Waals surface area contributed by atoms with Gasteiger partial charge in [0.25, 0.3) is 0 Å². The number of ether oxygens (including phenoxy) is 1. The van der Waals surface area contributed by atoms with Crippen LogP contribution in [0.2, 0.25) is 0 Å². The summed E-state index contributed by atoms with van der Waals surface area (Å²) in [4.78, 5) is 9.75. The number of rotatable bonds is 4. The number of hydrogen-bond acceptors (Lipinski definition) is 3. The standard InChI is InChI=1S/C20H30N4O/c1-3-21-20(22-17-11-15(17)2)24-13-18-19(14-24)25-10-9-23(18)12-16-7-5-4-6-8-16/h4-8,15,17-19H,3,9-14H2,1-2H3,(H,21,22). The number of benzene rings is 1. The lowest BCUT2D eigenvalue weighted by molar-refractivity contribution is -0.0502. The van der Waals surface area contributed by atoms with Crippen molar-refractivity contribution in [3.05, 3.63) is 35.9 Å². The molecule has 0 spiro atoms. The second-order valence-corrected chi connectivity index (χ2v) is 7.60. The number of likely N-dealkylation sites (tertiary alicyclic amines) is 1. The fourth-order valence-corrected chi connectivity index (χ4v) is 4.02. The molecule has 0 bridgehead atoms. The van der Waals surface area contributed by atoms with Crippen molar-refractivity contribution >= 4 is 5.96 Å². The number of hydrogen-bond donors (Lipinski definition) is 1. The highest BCUT2D eigenvalue weighted by molar-refractivity contribution is 5.81. The third kappa shape index (κ3) is 3.82. The van der Waals surface area contributed by atoms with Crippen LogP contribution in [0.1, 0.15) is 25.8 Å². The molecular weight excluding hydrogens is 312 g/mol. The maximum Gasteiger partial charge on any atom is 0.194 e. The van der Waals surface area contributed by atoms with Crippen LogP contribution in [0.4, 0.5) is 0 Å². The van der Waals surface area contributed by atoms with Crippen LogP contribution >= 0.6 is 0 Å². The lowest BCUT2D eigenvalue weighted by Gasteiger charge is -2.36. The first kappa shape index (κ1) is 16.9. The number of guanidine groups is 1. The Morgan fingerprint density at radius 1 is 1.28 bits per heavy atom. The van der Waals surface area contributed by atoms with E-state index in [1.54, 1.807) is 0 Å². The predicted molar refractivity (Wildman–Crippen MR) is 101 cm³/mol. The molecule has 2 saturated heterocycles. The summed E-state index contributed by atoms with van der Waals surface area (Å²) in [6.07, 6.45) is 1.55. The van der Waals surface area contributed by atoms with Crippen molar-refractivity contribution < 1.29 is 4.74 Å². The first-order valence-corrected chi connectivity index (χ1v) is 9.70. The molecule has 2 heterocycles. The van der Waals surface area contributed by atoms with E-state index < -0.39 is 0 Å². The van der Waals surface area contributed by atoms with Crippen LogP contribution < -0.4 is 5.32 Å². The van der Waals surface area contributed by atoms with Gasteiger partial charge in [0.15, 0.2) is 5.96 Å². The fourth-order valence-electron chi connectivity index (χ4n) is 4.02. The molecule has 0 radical (unpaired) electrons. The zero-order valence-electron chi connectivity index (χ0n) is 15.4. The topological polar surface area (TPSA) is 40.1 Å². The third-order valence-electron chi connectivity index (χ3n) is 5.68. The summed E-state index contributed by atoms with van der Waals surface area (Å²) < 4.78 is 6.10. The van der Waals surface area contributed by atoms with Gasteiger partial charge in [0.1, 0.15) is 0 Å². The van der Waals surface area contributed by atoms with Crippen molar-refractivity contribution in [3.8, 4) is 0 Å². The number of aliphatic imine (C=N–C) groups is 1. The molecule has 1 aliphatic carbocycles. The highest BCUT2D eigenvalue weighted by Gasteiger charge is 2.42. The van der Waals surface area contributed by atoms with Crippen LogP contribution in [-0.2, 0) is 11.3 Å². The minimum absolute atomic E-state index is 0.290. The van der Waals surface area contributed by atoms with Gasteiger partial charge in [0.05, 0.1) is 18.8 Å². The van der Waals surface area contributed by atoms with Gasteiger partial charge < -0.3 is 15.0 Å². The van der Waals surface area contributed by atoms with Gasteiger partial charge in [-0.05, 0) is 24.8 Å². The summed E-state index contributed by atoms with van der Waals surface area (Å²) in [6, 6.07) is 11.8. The average molecular weight is 342 g/mol. The second-order valence-electron chi connectivity index (χ2n) is 7.60. The van der Waals surface area contributed by atoms with E-state index in [1.165, 1.54) is 12.0 Å². The molecule has 1 aromatic rings. The summed E-state index contributed by atoms with van der Waals surface area (Å²) >= 11 is 0. The largest absolute Gasteiger partial charge is 0.373 e. The van der Waals surface area contributed by atoms with Gasteiger partial charge in [-0.15, -0.1) is 0 Å². The van der Waals surface area contributed by atoms with E-state index in [0.29, 0.717) is 12.1 Å². The van der Waals surface area contributed by atoms with Crippen LogP contribution in [-0.4, -0.2) is 66.7 Å². The molecule has 3 aliphatic rings. The molecule has 25 heavy (non-hydrogen) atoms. The van der Waals surface area contributed by atoms with Crippen molar-refractivity contribution in [3.63, 3.8) is 0 Å². The lowest BCUT2D eigenvalue weighted by atomic mass is 10.1. The number of morpholine rings is 1. The highest BCUT2D eigenvalue weighted by atomic mass is 16.5. The van der Waals surface area contributed by atoms with E-state index in [2.05, 4.69) is 59.3 Å². The van der Waals surface area contributed by atoms with E-state index in [9.17, 15) is 0 Å². The summed E-state index contributed by atoms with van der Waals surface area (Å²) in [5, 5.41) is 3.66. The van der Waals surface area contributed by atoms with E-state index >= 15 is 0 Å². The maximum atomic E-state index is 6.10. The smallest absolute Gasteiger partial charge is 0.194 e. The predicted octanol–water partition coefficient (Wildman–Crippen LogP) is 1.95. The molecule has 1 N–H and O–H groups in total. The van der Waals surface area contributed by atoms with Gasteiger partial charge >= 0.3 is 0 Å². The molecule has 3 fully saturated rings. The minimum atomic E-state index is 0.290. The van der Waals surface area contributed by atoms with Crippen molar-refractivity contribution in [2.45, 2.75) is 45.0 Å². The fraction of sp³-hybridized carbons (Fsp3) is 0.650. The Bertz CT molecular complexity index is 605. The van der Waals surface area contributed by atoms with E-state index in [4.69, 9.17) is 9.73 Å². The normalized spacial score (nSPS) is 32.6. The van der Waals surface area contributed by atoms with Crippen LogP contribution in [0.25, 0.3) is 0 Å². The van der Waals surface area contributed by atoms with Crippen LogP contribution in [0.3, 0.4) is 0 Å². The molecule has 4 rings (SSSR count). The zero-order chi connectivity index (χ0) is 17.2. The quantitative estimate of drug-likeness (QED) is 0.671.